The summed E-state index contributed by atoms with van der Waals surface area (Å²) in [7, 11) is 0. The number of aryl methyl sites for hydroxylation is 1. The van der Waals surface area contributed by atoms with E-state index in [0.29, 0.717) is 6.54 Å². The predicted octanol–water partition coefficient (Wildman–Crippen LogP) is 1.45. The van der Waals surface area contributed by atoms with Gasteiger partial charge in [-0.3, -0.25) is 0 Å². The van der Waals surface area contributed by atoms with E-state index in [1.807, 2.05) is 13.0 Å². The Morgan fingerprint density at radius 3 is 2.83 bits per heavy atom. The Morgan fingerprint density at radius 2 is 2.22 bits per heavy atom. The van der Waals surface area contributed by atoms with Gasteiger partial charge in [-0.2, -0.15) is 0 Å². The molecular formula is C14H23N3O. The molecule has 0 radical (unpaired) electrons. The van der Waals surface area contributed by atoms with Crippen LogP contribution < -0.4 is 10.6 Å². The van der Waals surface area contributed by atoms with E-state index in [0.717, 1.165) is 36.6 Å². The van der Waals surface area contributed by atoms with Crippen LogP contribution in [0.15, 0.2) is 12.1 Å². The Balaban J connectivity index is 2.24. The highest BCUT2D eigenvalue weighted by Gasteiger charge is 2.35. The lowest BCUT2D eigenvalue weighted by Gasteiger charge is -2.42. The zero-order valence-electron chi connectivity index (χ0n) is 11.5. The van der Waals surface area contributed by atoms with Crippen molar-refractivity contribution in [2.75, 3.05) is 18.0 Å². The van der Waals surface area contributed by atoms with Crippen LogP contribution in [0.3, 0.4) is 0 Å². The number of aromatic nitrogens is 1. The number of pyridine rings is 1. The van der Waals surface area contributed by atoms with E-state index in [9.17, 15) is 5.11 Å². The van der Waals surface area contributed by atoms with Gasteiger partial charge in [-0.25, -0.2) is 4.98 Å². The van der Waals surface area contributed by atoms with Crippen molar-refractivity contribution in [1.29, 1.82) is 0 Å². The highest BCUT2D eigenvalue weighted by molar-refractivity contribution is 5.43. The van der Waals surface area contributed by atoms with E-state index in [4.69, 9.17) is 5.73 Å². The van der Waals surface area contributed by atoms with E-state index in [-0.39, 0.29) is 11.5 Å². The van der Waals surface area contributed by atoms with Crippen LogP contribution in [0.4, 0.5) is 5.82 Å². The van der Waals surface area contributed by atoms with Gasteiger partial charge in [-0.05, 0) is 31.0 Å². The average Bonchev–Trinajstić information content (AvgIpc) is 2.31. The fourth-order valence-corrected chi connectivity index (χ4v) is 2.54. The van der Waals surface area contributed by atoms with Crippen LogP contribution in [0.5, 0.6) is 0 Å². The molecule has 1 aliphatic heterocycles. The molecule has 2 rings (SSSR count). The van der Waals surface area contributed by atoms with E-state index in [1.165, 1.54) is 0 Å². The van der Waals surface area contributed by atoms with E-state index < -0.39 is 0 Å². The normalized spacial score (nSPS) is 23.2. The summed E-state index contributed by atoms with van der Waals surface area (Å²) in [6.45, 7) is 8.41. The molecule has 0 saturated carbocycles. The van der Waals surface area contributed by atoms with Gasteiger partial charge in [0.15, 0.2) is 0 Å². The third-order valence-electron chi connectivity index (χ3n) is 3.73. The van der Waals surface area contributed by atoms with Gasteiger partial charge in [0.05, 0.1) is 6.10 Å². The van der Waals surface area contributed by atoms with Gasteiger partial charge in [0, 0.05) is 30.7 Å². The maximum absolute atomic E-state index is 9.99. The monoisotopic (exact) mass is 249 g/mol. The van der Waals surface area contributed by atoms with Gasteiger partial charge < -0.3 is 15.7 Å². The summed E-state index contributed by atoms with van der Waals surface area (Å²) in [5.74, 6) is 0.982. The summed E-state index contributed by atoms with van der Waals surface area (Å²) >= 11 is 0. The molecule has 1 aliphatic rings. The number of hydrogen-bond acceptors (Lipinski definition) is 4. The number of piperidine rings is 1. The summed E-state index contributed by atoms with van der Waals surface area (Å²) < 4.78 is 0. The topological polar surface area (TPSA) is 62.4 Å². The van der Waals surface area contributed by atoms with Crippen LogP contribution in [0, 0.1) is 12.3 Å². The first kappa shape index (κ1) is 13.3. The Labute approximate surface area is 109 Å². The number of nitrogens with two attached hydrogens (primary N) is 1. The number of nitrogens with zero attached hydrogens (tertiary/aromatic N) is 2. The Hall–Kier alpha value is -1.13. The van der Waals surface area contributed by atoms with Gasteiger partial charge in [-0.1, -0.05) is 13.8 Å². The van der Waals surface area contributed by atoms with Crippen LogP contribution >= 0.6 is 0 Å². The standard InChI is InChI=1S/C14H23N3O/c1-10-6-11(8-15)7-13(16-10)17-5-4-12(18)14(2,3)9-17/h6-7,12,18H,4-5,8-9,15H2,1-3H3. The molecule has 0 bridgehead atoms. The van der Waals surface area contributed by atoms with Crippen molar-refractivity contribution in [1.82, 2.24) is 4.98 Å². The molecule has 0 aromatic carbocycles. The fourth-order valence-electron chi connectivity index (χ4n) is 2.54. The number of aliphatic hydroxyl groups is 1. The Kier molecular flexibility index (Phi) is 3.59. The summed E-state index contributed by atoms with van der Waals surface area (Å²) in [5.41, 5.74) is 7.73. The van der Waals surface area contributed by atoms with E-state index in [2.05, 4.69) is 29.8 Å². The summed E-state index contributed by atoms with van der Waals surface area (Å²) in [6.07, 6.45) is 0.563. The van der Waals surface area contributed by atoms with Gasteiger partial charge in [0.1, 0.15) is 5.82 Å². The molecule has 4 heteroatoms. The van der Waals surface area contributed by atoms with Crippen LogP contribution in [0.25, 0.3) is 0 Å². The molecule has 1 aromatic rings. The van der Waals surface area contributed by atoms with Crippen molar-refractivity contribution in [3.05, 3.63) is 23.4 Å². The SMILES string of the molecule is Cc1cc(CN)cc(N2CCC(O)C(C)(C)C2)n1. The molecule has 3 N–H and O–H groups in total. The van der Waals surface area contributed by atoms with Gasteiger partial charge in [-0.15, -0.1) is 0 Å². The molecule has 1 saturated heterocycles. The second-order valence-electron chi connectivity index (χ2n) is 5.89. The van der Waals surface area contributed by atoms with Crippen molar-refractivity contribution in [3.63, 3.8) is 0 Å². The van der Waals surface area contributed by atoms with Crippen LogP contribution in [-0.2, 0) is 6.54 Å². The zero-order valence-corrected chi connectivity index (χ0v) is 11.5. The van der Waals surface area contributed by atoms with Gasteiger partial charge >= 0.3 is 0 Å². The second kappa shape index (κ2) is 4.86. The molecule has 1 aromatic heterocycles. The third kappa shape index (κ3) is 2.65. The van der Waals surface area contributed by atoms with Crippen LogP contribution in [0.1, 0.15) is 31.5 Å². The van der Waals surface area contributed by atoms with Crippen molar-refractivity contribution >= 4 is 5.82 Å². The van der Waals surface area contributed by atoms with E-state index >= 15 is 0 Å². The van der Waals surface area contributed by atoms with Gasteiger partial charge in [0.2, 0.25) is 0 Å². The molecule has 1 unspecified atom stereocenters. The highest BCUT2D eigenvalue weighted by Crippen LogP contribution is 2.31. The minimum atomic E-state index is -0.229. The first-order valence-corrected chi connectivity index (χ1v) is 6.53. The molecule has 100 valence electrons. The molecule has 0 amide bonds. The zero-order chi connectivity index (χ0) is 13.3. The number of hydrogen-bond donors (Lipinski definition) is 2. The predicted molar refractivity (Wildman–Crippen MR) is 73.5 cm³/mol. The number of rotatable bonds is 2. The lowest BCUT2D eigenvalue weighted by atomic mass is 9.81. The molecule has 0 spiro atoms. The first-order valence-electron chi connectivity index (χ1n) is 6.53. The number of aliphatic hydroxyl groups excluding tert-OH is 1. The smallest absolute Gasteiger partial charge is 0.129 e. The fraction of sp³-hybridized carbons (Fsp3) is 0.643. The van der Waals surface area contributed by atoms with Crippen molar-refractivity contribution in [2.24, 2.45) is 11.1 Å². The molecule has 18 heavy (non-hydrogen) atoms. The summed E-state index contributed by atoms with van der Waals surface area (Å²) in [5, 5.41) is 9.99. The average molecular weight is 249 g/mol. The lowest BCUT2D eigenvalue weighted by Crippen LogP contribution is -2.49. The molecular weight excluding hydrogens is 226 g/mol. The lowest BCUT2D eigenvalue weighted by molar-refractivity contribution is 0.0334. The molecule has 1 atom stereocenters. The van der Waals surface area contributed by atoms with Crippen LogP contribution in [-0.4, -0.2) is 29.3 Å². The Bertz CT molecular complexity index is 431. The maximum atomic E-state index is 9.99. The van der Waals surface area contributed by atoms with Crippen molar-refractivity contribution in [3.8, 4) is 0 Å². The quantitative estimate of drug-likeness (QED) is 0.832. The highest BCUT2D eigenvalue weighted by atomic mass is 16.3. The Morgan fingerprint density at radius 1 is 1.50 bits per heavy atom. The minimum absolute atomic E-state index is 0.0907. The molecule has 1 fully saturated rings. The van der Waals surface area contributed by atoms with Crippen LogP contribution in [0.2, 0.25) is 0 Å². The summed E-state index contributed by atoms with van der Waals surface area (Å²) in [6, 6.07) is 4.08. The number of anilines is 1. The van der Waals surface area contributed by atoms with Crippen molar-refractivity contribution < 1.29 is 5.11 Å². The maximum Gasteiger partial charge on any atom is 0.129 e. The third-order valence-corrected chi connectivity index (χ3v) is 3.73. The largest absolute Gasteiger partial charge is 0.392 e. The summed E-state index contributed by atoms with van der Waals surface area (Å²) in [4.78, 5) is 6.83. The molecule has 2 heterocycles. The van der Waals surface area contributed by atoms with Crippen molar-refractivity contribution in [2.45, 2.75) is 39.8 Å². The van der Waals surface area contributed by atoms with E-state index in [1.54, 1.807) is 0 Å². The molecule has 0 aliphatic carbocycles. The minimum Gasteiger partial charge on any atom is -0.392 e. The van der Waals surface area contributed by atoms with Gasteiger partial charge in [0.25, 0.3) is 0 Å². The molecule has 4 nitrogen and oxygen atoms in total. The first-order chi connectivity index (χ1) is 8.42. The second-order valence-corrected chi connectivity index (χ2v) is 5.89.